The zero-order chi connectivity index (χ0) is 15.2. The standard InChI is InChI=1S/C18H21ClFN/c1-3-6-13-7-5-8-14(11-13)18(21-4-2)15-9-10-16(19)17(20)12-15/h5,7-12,18,21H,3-4,6H2,1-2H3. The van der Waals surface area contributed by atoms with E-state index in [1.54, 1.807) is 6.07 Å². The molecule has 2 rings (SSSR count). The summed E-state index contributed by atoms with van der Waals surface area (Å²) in [5.41, 5.74) is 3.37. The fraction of sp³-hybridized carbons (Fsp3) is 0.333. The first-order valence-electron chi connectivity index (χ1n) is 7.42. The van der Waals surface area contributed by atoms with Gasteiger partial charge >= 0.3 is 0 Å². The minimum atomic E-state index is -0.373. The molecule has 112 valence electrons. The molecule has 1 atom stereocenters. The highest BCUT2D eigenvalue weighted by Gasteiger charge is 2.15. The van der Waals surface area contributed by atoms with E-state index in [0.29, 0.717) is 0 Å². The summed E-state index contributed by atoms with van der Waals surface area (Å²) in [6.07, 6.45) is 2.17. The molecule has 1 nitrogen and oxygen atoms in total. The second-order valence-corrected chi connectivity index (χ2v) is 5.57. The Morgan fingerprint density at radius 3 is 2.52 bits per heavy atom. The lowest BCUT2D eigenvalue weighted by molar-refractivity contribution is 0.603. The van der Waals surface area contributed by atoms with Crippen LogP contribution in [-0.2, 0) is 6.42 Å². The third kappa shape index (κ3) is 4.05. The van der Waals surface area contributed by atoms with E-state index >= 15 is 0 Å². The third-order valence-electron chi connectivity index (χ3n) is 3.51. The first-order valence-corrected chi connectivity index (χ1v) is 7.80. The van der Waals surface area contributed by atoms with Crippen LogP contribution in [0.25, 0.3) is 0 Å². The summed E-state index contributed by atoms with van der Waals surface area (Å²) < 4.78 is 13.7. The number of hydrogen-bond acceptors (Lipinski definition) is 1. The van der Waals surface area contributed by atoms with Crippen molar-refractivity contribution in [2.75, 3.05) is 6.54 Å². The van der Waals surface area contributed by atoms with Gasteiger partial charge < -0.3 is 5.32 Å². The highest BCUT2D eigenvalue weighted by molar-refractivity contribution is 6.30. The predicted molar refractivity (Wildman–Crippen MR) is 87.4 cm³/mol. The summed E-state index contributed by atoms with van der Waals surface area (Å²) in [5.74, 6) is -0.373. The Morgan fingerprint density at radius 1 is 1.10 bits per heavy atom. The number of hydrogen-bond donors (Lipinski definition) is 1. The smallest absolute Gasteiger partial charge is 0.142 e. The lowest BCUT2D eigenvalue weighted by Crippen LogP contribution is -2.22. The van der Waals surface area contributed by atoms with Crippen LogP contribution in [0.2, 0.25) is 5.02 Å². The molecule has 0 spiro atoms. The Morgan fingerprint density at radius 2 is 1.86 bits per heavy atom. The Kier molecular flexibility index (Phi) is 5.77. The van der Waals surface area contributed by atoms with E-state index in [-0.39, 0.29) is 16.9 Å². The quantitative estimate of drug-likeness (QED) is 0.780. The van der Waals surface area contributed by atoms with Crippen molar-refractivity contribution in [3.63, 3.8) is 0 Å². The fourth-order valence-electron chi connectivity index (χ4n) is 2.54. The molecule has 0 aliphatic carbocycles. The van der Waals surface area contributed by atoms with Crippen LogP contribution in [0.5, 0.6) is 0 Å². The minimum Gasteiger partial charge on any atom is -0.307 e. The van der Waals surface area contributed by atoms with Crippen LogP contribution in [0, 0.1) is 5.82 Å². The molecule has 1 unspecified atom stereocenters. The maximum absolute atomic E-state index is 13.7. The van der Waals surface area contributed by atoms with E-state index in [0.717, 1.165) is 30.5 Å². The Labute approximate surface area is 131 Å². The van der Waals surface area contributed by atoms with Crippen molar-refractivity contribution in [2.24, 2.45) is 0 Å². The lowest BCUT2D eigenvalue weighted by Gasteiger charge is -2.20. The molecule has 0 heterocycles. The van der Waals surface area contributed by atoms with E-state index < -0.39 is 0 Å². The fourth-order valence-corrected chi connectivity index (χ4v) is 2.66. The van der Waals surface area contributed by atoms with Crippen LogP contribution in [0.3, 0.4) is 0 Å². The molecule has 0 saturated heterocycles. The average molecular weight is 306 g/mol. The topological polar surface area (TPSA) is 12.0 Å². The summed E-state index contributed by atoms with van der Waals surface area (Å²) in [6, 6.07) is 13.5. The number of halogens is 2. The average Bonchev–Trinajstić information content (AvgIpc) is 2.48. The predicted octanol–water partition coefficient (Wildman–Crippen LogP) is 5.13. The summed E-state index contributed by atoms with van der Waals surface area (Å²) in [5, 5.41) is 3.58. The van der Waals surface area contributed by atoms with Crippen LogP contribution < -0.4 is 5.32 Å². The molecule has 2 aromatic rings. The molecule has 0 saturated carbocycles. The molecule has 3 heteroatoms. The van der Waals surface area contributed by atoms with E-state index in [1.807, 2.05) is 6.07 Å². The largest absolute Gasteiger partial charge is 0.307 e. The maximum Gasteiger partial charge on any atom is 0.142 e. The molecule has 0 radical (unpaired) electrons. The molecule has 0 aliphatic rings. The molecule has 0 amide bonds. The Bertz CT molecular complexity index is 598. The van der Waals surface area contributed by atoms with Crippen molar-refractivity contribution < 1.29 is 4.39 Å². The molecule has 0 aromatic heterocycles. The molecule has 21 heavy (non-hydrogen) atoms. The summed E-state index contributed by atoms with van der Waals surface area (Å²) >= 11 is 5.78. The van der Waals surface area contributed by atoms with Gasteiger partial charge in [0.25, 0.3) is 0 Å². The molecular weight excluding hydrogens is 285 g/mol. The van der Waals surface area contributed by atoms with Gasteiger partial charge in [-0.1, -0.05) is 62.2 Å². The molecule has 1 N–H and O–H groups in total. The van der Waals surface area contributed by atoms with Crippen molar-refractivity contribution in [3.05, 3.63) is 70.0 Å². The normalized spacial score (nSPS) is 12.4. The molecule has 0 bridgehead atoms. The van der Waals surface area contributed by atoms with Crippen molar-refractivity contribution in [1.82, 2.24) is 5.32 Å². The van der Waals surface area contributed by atoms with Crippen molar-refractivity contribution in [1.29, 1.82) is 0 Å². The van der Waals surface area contributed by atoms with Crippen LogP contribution in [0.4, 0.5) is 4.39 Å². The van der Waals surface area contributed by atoms with E-state index in [9.17, 15) is 4.39 Å². The van der Waals surface area contributed by atoms with Gasteiger partial charge in [-0.15, -0.1) is 0 Å². The van der Waals surface area contributed by atoms with Gasteiger partial charge in [-0.2, -0.15) is 0 Å². The SMILES string of the molecule is CCCc1cccc(C(NCC)c2ccc(Cl)c(F)c2)c1. The van der Waals surface area contributed by atoms with E-state index in [4.69, 9.17) is 11.6 Å². The first kappa shape index (κ1) is 16.0. The minimum absolute atomic E-state index is 0.0152. The van der Waals surface area contributed by atoms with Gasteiger partial charge in [-0.3, -0.25) is 0 Å². The van der Waals surface area contributed by atoms with E-state index in [1.165, 1.54) is 11.6 Å². The first-order chi connectivity index (χ1) is 10.2. The van der Waals surface area contributed by atoms with E-state index in [2.05, 4.69) is 43.4 Å². The summed E-state index contributed by atoms with van der Waals surface area (Å²) in [6.45, 7) is 5.03. The summed E-state index contributed by atoms with van der Waals surface area (Å²) in [7, 11) is 0. The van der Waals surface area contributed by atoms with Crippen molar-refractivity contribution in [2.45, 2.75) is 32.7 Å². The van der Waals surface area contributed by atoms with Gasteiger partial charge in [0.05, 0.1) is 11.1 Å². The number of rotatable bonds is 6. The van der Waals surface area contributed by atoms with Gasteiger partial charge in [0.1, 0.15) is 5.82 Å². The van der Waals surface area contributed by atoms with Gasteiger partial charge in [0, 0.05) is 0 Å². The van der Waals surface area contributed by atoms with Gasteiger partial charge in [-0.25, -0.2) is 4.39 Å². The highest BCUT2D eigenvalue weighted by atomic mass is 35.5. The molecule has 0 fully saturated rings. The van der Waals surface area contributed by atoms with Crippen LogP contribution in [0.1, 0.15) is 43.0 Å². The van der Waals surface area contributed by atoms with Crippen molar-refractivity contribution >= 4 is 11.6 Å². The van der Waals surface area contributed by atoms with Gasteiger partial charge in [-0.05, 0) is 41.8 Å². The van der Waals surface area contributed by atoms with Crippen molar-refractivity contribution in [3.8, 4) is 0 Å². The second kappa shape index (κ2) is 7.58. The zero-order valence-electron chi connectivity index (χ0n) is 12.5. The third-order valence-corrected chi connectivity index (χ3v) is 3.81. The van der Waals surface area contributed by atoms with Gasteiger partial charge in [0.2, 0.25) is 0 Å². The second-order valence-electron chi connectivity index (χ2n) is 5.16. The maximum atomic E-state index is 13.7. The molecule has 2 aromatic carbocycles. The van der Waals surface area contributed by atoms with Gasteiger partial charge in [0.15, 0.2) is 0 Å². The monoisotopic (exact) mass is 305 g/mol. The lowest BCUT2D eigenvalue weighted by atomic mass is 9.96. The van der Waals surface area contributed by atoms with Crippen LogP contribution in [0.15, 0.2) is 42.5 Å². The highest BCUT2D eigenvalue weighted by Crippen LogP contribution is 2.26. The zero-order valence-corrected chi connectivity index (χ0v) is 13.3. The summed E-state index contributed by atoms with van der Waals surface area (Å²) in [4.78, 5) is 0. The van der Waals surface area contributed by atoms with Crippen LogP contribution in [-0.4, -0.2) is 6.54 Å². The number of benzene rings is 2. The number of nitrogens with one attached hydrogen (secondary N) is 1. The molecular formula is C18H21ClFN. The van der Waals surface area contributed by atoms with Crippen LogP contribution >= 0.6 is 11.6 Å². The Hall–Kier alpha value is -1.38. The molecule has 0 aliphatic heterocycles. The Balaban J connectivity index is 2.37. The number of aryl methyl sites for hydroxylation is 1.